The molecule has 0 radical (unpaired) electrons. The minimum atomic E-state index is -4.16. The van der Waals surface area contributed by atoms with E-state index < -0.39 is 34.3 Å². The number of sulfonamides is 1. The lowest BCUT2D eigenvalue weighted by Crippen LogP contribution is -2.58. The molecule has 1 aliphatic carbocycles. The molecular weight excluding hydrogens is 515 g/mol. The molecule has 0 unspecified atom stereocenters. The van der Waals surface area contributed by atoms with E-state index in [1.165, 1.54) is 29.6 Å². The number of thiazole rings is 1. The summed E-state index contributed by atoms with van der Waals surface area (Å²) in [6.07, 6.45) is 7.49. The van der Waals surface area contributed by atoms with Gasteiger partial charge in [-0.1, -0.05) is 43.7 Å². The molecule has 0 spiro atoms. The number of carbonyl (C=O) groups is 2. The summed E-state index contributed by atoms with van der Waals surface area (Å²) >= 11 is 7.29. The van der Waals surface area contributed by atoms with Gasteiger partial charge in [-0.05, 0) is 37.0 Å². The third-order valence-corrected chi connectivity index (χ3v) is 9.78. The van der Waals surface area contributed by atoms with Gasteiger partial charge in [-0.15, -0.1) is 11.3 Å². The average molecular weight is 543 g/mol. The highest BCUT2D eigenvalue weighted by molar-refractivity contribution is 7.89. The summed E-state index contributed by atoms with van der Waals surface area (Å²) in [5.41, 5.74) is 0.223. The fourth-order valence-electron chi connectivity index (χ4n) is 4.82. The number of benzene rings is 1. The standard InChI is InChI=1S/C23H28ClFN4O4S2/c1-15-18(24)12-17(25)13-20(15)35(32,33)28-8-9-29(21(30)14-28)19(11-16-5-3-2-4-6-16)22(31)27-23-26-7-10-34-23/h7,10,12-13,16,19H,2-6,8-9,11,14H2,1H3,(H,26,27,31)/t19-/m0/s1. The molecule has 190 valence electrons. The summed E-state index contributed by atoms with van der Waals surface area (Å²) in [7, 11) is -4.16. The summed E-state index contributed by atoms with van der Waals surface area (Å²) in [6.45, 7) is 1.12. The molecule has 35 heavy (non-hydrogen) atoms. The lowest BCUT2D eigenvalue weighted by atomic mass is 9.84. The van der Waals surface area contributed by atoms with Crippen molar-refractivity contribution in [2.75, 3.05) is 25.0 Å². The molecule has 12 heteroatoms. The Morgan fingerprint density at radius 3 is 2.69 bits per heavy atom. The number of hydrogen-bond acceptors (Lipinski definition) is 6. The van der Waals surface area contributed by atoms with Crippen molar-refractivity contribution in [1.29, 1.82) is 0 Å². The predicted octanol–water partition coefficient (Wildman–Crippen LogP) is 4.05. The highest BCUT2D eigenvalue weighted by atomic mass is 35.5. The van der Waals surface area contributed by atoms with Crippen LogP contribution in [0.25, 0.3) is 0 Å². The molecule has 1 N–H and O–H groups in total. The zero-order valence-electron chi connectivity index (χ0n) is 19.4. The van der Waals surface area contributed by atoms with Crippen LogP contribution in [-0.4, -0.2) is 60.1 Å². The van der Waals surface area contributed by atoms with Gasteiger partial charge in [-0.25, -0.2) is 17.8 Å². The number of hydrogen-bond donors (Lipinski definition) is 1. The van der Waals surface area contributed by atoms with Gasteiger partial charge in [0.1, 0.15) is 11.9 Å². The molecule has 1 aromatic heterocycles. The van der Waals surface area contributed by atoms with Crippen molar-refractivity contribution in [1.82, 2.24) is 14.2 Å². The Labute approximate surface area is 213 Å². The normalized spacial score (nSPS) is 19.1. The number of rotatable bonds is 7. The number of anilines is 1. The van der Waals surface area contributed by atoms with Crippen molar-refractivity contribution in [2.24, 2.45) is 5.92 Å². The summed E-state index contributed by atoms with van der Waals surface area (Å²) in [5.74, 6) is -1.23. The maximum atomic E-state index is 13.9. The zero-order chi connectivity index (χ0) is 25.2. The van der Waals surface area contributed by atoms with Crippen molar-refractivity contribution >= 4 is 49.9 Å². The van der Waals surface area contributed by atoms with Crippen LogP contribution >= 0.6 is 22.9 Å². The molecule has 2 fully saturated rings. The number of carbonyl (C=O) groups excluding carboxylic acids is 2. The molecule has 1 aliphatic heterocycles. The Kier molecular flexibility index (Phi) is 8.09. The lowest BCUT2D eigenvalue weighted by Gasteiger charge is -2.39. The first-order valence-electron chi connectivity index (χ1n) is 11.6. The van der Waals surface area contributed by atoms with Crippen molar-refractivity contribution in [3.63, 3.8) is 0 Å². The van der Waals surface area contributed by atoms with Crippen LogP contribution in [0.5, 0.6) is 0 Å². The Bertz CT molecular complexity index is 1190. The molecular formula is C23H28ClFN4O4S2. The number of halogens is 2. The molecule has 4 rings (SSSR count). The van der Waals surface area contributed by atoms with E-state index in [1.54, 1.807) is 11.6 Å². The Hall–Kier alpha value is -2.08. The topological polar surface area (TPSA) is 99.7 Å². The van der Waals surface area contributed by atoms with Gasteiger partial charge >= 0.3 is 0 Å². The molecule has 2 aliphatic rings. The Morgan fingerprint density at radius 1 is 1.29 bits per heavy atom. The van der Waals surface area contributed by atoms with Crippen molar-refractivity contribution in [3.8, 4) is 0 Å². The zero-order valence-corrected chi connectivity index (χ0v) is 21.8. The maximum absolute atomic E-state index is 13.9. The van der Waals surface area contributed by atoms with Crippen molar-refractivity contribution < 1.29 is 22.4 Å². The van der Waals surface area contributed by atoms with Crippen LogP contribution in [0, 0.1) is 18.7 Å². The van der Waals surface area contributed by atoms with Gasteiger partial charge in [0, 0.05) is 29.7 Å². The molecule has 1 saturated carbocycles. The van der Waals surface area contributed by atoms with Gasteiger partial charge in [0.15, 0.2) is 5.13 Å². The molecule has 1 atom stereocenters. The van der Waals surface area contributed by atoms with E-state index in [2.05, 4.69) is 10.3 Å². The highest BCUT2D eigenvalue weighted by Gasteiger charge is 2.40. The third-order valence-electron chi connectivity index (χ3n) is 6.72. The monoisotopic (exact) mass is 542 g/mol. The molecule has 1 saturated heterocycles. The van der Waals surface area contributed by atoms with E-state index in [9.17, 15) is 22.4 Å². The first kappa shape index (κ1) is 26.0. The highest BCUT2D eigenvalue weighted by Crippen LogP contribution is 2.31. The summed E-state index contributed by atoms with van der Waals surface area (Å²) in [4.78, 5) is 31.8. The van der Waals surface area contributed by atoms with Crippen molar-refractivity contribution in [2.45, 2.75) is 56.4 Å². The van der Waals surface area contributed by atoms with Crippen LogP contribution in [0.4, 0.5) is 9.52 Å². The number of amides is 2. The van der Waals surface area contributed by atoms with Gasteiger partial charge in [0.05, 0.1) is 11.4 Å². The fraction of sp³-hybridized carbons (Fsp3) is 0.522. The van der Waals surface area contributed by atoms with E-state index in [0.29, 0.717) is 17.5 Å². The van der Waals surface area contributed by atoms with Crippen LogP contribution in [0.15, 0.2) is 28.6 Å². The SMILES string of the molecule is Cc1c(Cl)cc(F)cc1S(=O)(=O)N1CCN([C@@H](CC2CCCCC2)C(=O)Nc2nccs2)C(=O)C1. The number of nitrogens with zero attached hydrogens (tertiary/aromatic N) is 3. The van der Waals surface area contributed by atoms with Crippen LogP contribution in [0.2, 0.25) is 5.02 Å². The predicted molar refractivity (Wildman–Crippen MR) is 132 cm³/mol. The summed E-state index contributed by atoms with van der Waals surface area (Å²) in [6, 6.07) is 1.25. The second-order valence-corrected chi connectivity index (χ2v) is 12.2. The second-order valence-electron chi connectivity index (χ2n) is 9.02. The lowest BCUT2D eigenvalue weighted by molar-refractivity contribution is -0.142. The van der Waals surface area contributed by atoms with Crippen LogP contribution < -0.4 is 5.32 Å². The molecule has 1 aromatic carbocycles. The van der Waals surface area contributed by atoms with Gasteiger partial charge in [-0.2, -0.15) is 4.31 Å². The largest absolute Gasteiger partial charge is 0.328 e. The molecule has 0 bridgehead atoms. The number of piperazine rings is 1. The number of nitrogens with one attached hydrogen (secondary N) is 1. The number of aromatic nitrogens is 1. The molecule has 2 amide bonds. The maximum Gasteiger partial charge on any atom is 0.248 e. The average Bonchev–Trinajstić information content (AvgIpc) is 3.33. The summed E-state index contributed by atoms with van der Waals surface area (Å²) < 4.78 is 41.4. The van der Waals surface area contributed by atoms with E-state index in [4.69, 9.17) is 11.6 Å². The van der Waals surface area contributed by atoms with E-state index in [1.807, 2.05) is 0 Å². The Balaban J connectivity index is 1.53. The minimum Gasteiger partial charge on any atom is -0.328 e. The van der Waals surface area contributed by atoms with Crippen LogP contribution in [-0.2, 0) is 19.6 Å². The van der Waals surface area contributed by atoms with Gasteiger partial charge < -0.3 is 10.2 Å². The molecule has 8 nitrogen and oxygen atoms in total. The first-order chi connectivity index (χ1) is 16.7. The van der Waals surface area contributed by atoms with Crippen LogP contribution in [0.1, 0.15) is 44.1 Å². The van der Waals surface area contributed by atoms with Crippen LogP contribution in [0.3, 0.4) is 0 Å². The Morgan fingerprint density at radius 2 is 2.03 bits per heavy atom. The smallest absolute Gasteiger partial charge is 0.248 e. The minimum absolute atomic E-state index is 0.0000546. The fourth-order valence-corrected chi connectivity index (χ4v) is 7.25. The van der Waals surface area contributed by atoms with Gasteiger partial charge in [-0.3, -0.25) is 9.59 Å². The van der Waals surface area contributed by atoms with Gasteiger partial charge in [0.25, 0.3) is 0 Å². The third kappa shape index (κ3) is 5.84. The van der Waals surface area contributed by atoms with Crippen molar-refractivity contribution in [3.05, 3.63) is 40.1 Å². The quantitative estimate of drug-likeness (QED) is 0.569. The van der Waals surface area contributed by atoms with E-state index >= 15 is 0 Å². The second kappa shape index (κ2) is 10.9. The first-order valence-corrected chi connectivity index (χ1v) is 14.3. The van der Waals surface area contributed by atoms with E-state index in [-0.39, 0.29) is 34.5 Å². The molecule has 2 heterocycles. The van der Waals surface area contributed by atoms with E-state index in [0.717, 1.165) is 42.1 Å². The molecule has 2 aromatic rings. The summed E-state index contributed by atoms with van der Waals surface area (Å²) in [5, 5.41) is 5.01. The van der Waals surface area contributed by atoms with Gasteiger partial charge in [0.2, 0.25) is 21.8 Å².